The Bertz CT molecular complexity index is 443. The van der Waals surface area contributed by atoms with Crippen molar-refractivity contribution >= 4 is 0 Å². The molecule has 21 heavy (non-hydrogen) atoms. The molecular formula is C15H25N3O3. The van der Waals surface area contributed by atoms with Gasteiger partial charge >= 0.3 is 0 Å². The zero-order chi connectivity index (χ0) is 14.7. The van der Waals surface area contributed by atoms with Crippen molar-refractivity contribution in [2.75, 3.05) is 19.8 Å². The van der Waals surface area contributed by atoms with Crippen LogP contribution in [0.3, 0.4) is 0 Å². The first-order chi connectivity index (χ1) is 10.2. The van der Waals surface area contributed by atoms with E-state index in [1.807, 2.05) is 6.92 Å². The van der Waals surface area contributed by atoms with Crippen LogP contribution in [-0.4, -0.2) is 52.1 Å². The summed E-state index contributed by atoms with van der Waals surface area (Å²) in [5.74, 6) is 1.89. The van der Waals surface area contributed by atoms with Crippen molar-refractivity contribution < 1.29 is 14.4 Å². The Morgan fingerprint density at radius 3 is 2.90 bits per heavy atom. The third kappa shape index (κ3) is 3.81. The van der Waals surface area contributed by atoms with Gasteiger partial charge < -0.3 is 14.4 Å². The van der Waals surface area contributed by atoms with E-state index in [1.165, 1.54) is 6.42 Å². The van der Waals surface area contributed by atoms with Crippen LogP contribution in [0.15, 0.2) is 4.52 Å². The summed E-state index contributed by atoms with van der Waals surface area (Å²) in [7, 11) is 0. The van der Waals surface area contributed by atoms with Crippen LogP contribution in [0.4, 0.5) is 0 Å². The van der Waals surface area contributed by atoms with Gasteiger partial charge in [0.25, 0.3) is 0 Å². The van der Waals surface area contributed by atoms with Crippen molar-refractivity contribution in [3.63, 3.8) is 0 Å². The fraction of sp³-hybridized carbons (Fsp3) is 0.867. The van der Waals surface area contributed by atoms with Gasteiger partial charge in [-0.1, -0.05) is 5.16 Å². The molecule has 0 spiro atoms. The van der Waals surface area contributed by atoms with Gasteiger partial charge in [0.05, 0.1) is 12.6 Å². The van der Waals surface area contributed by atoms with Crippen LogP contribution in [0.1, 0.15) is 56.7 Å². The SMILES string of the molecule is CC(O)CC1CCCN1Cc1noc(C2CCOCC2)n1. The molecule has 6 nitrogen and oxygen atoms in total. The molecule has 0 aliphatic carbocycles. The molecule has 1 aromatic rings. The van der Waals surface area contributed by atoms with Gasteiger partial charge in [-0.15, -0.1) is 0 Å². The third-order valence-corrected chi connectivity index (χ3v) is 4.51. The summed E-state index contributed by atoms with van der Waals surface area (Å²) in [4.78, 5) is 6.94. The van der Waals surface area contributed by atoms with Crippen LogP contribution in [-0.2, 0) is 11.3 Å². The number of rotatable bonds is 5. The molecule has 118 valence electrons. The Labute approximate surface area is 125 Å². The molecule has 2 saturated heterocycles. The van der Waals surface area contributed by atoms with Gasteiger partial charge in [-0.3, -0.25) is 4.90 Å². The fourth-order valence-corrected chi connectivity index (χ4v) is 3.39. The maximum absolute atomic E-state index is 9.58. The Balaban J connectivity index is 1.58. The van der Waals surface area contributed by atoms with E-state index in [-0.39, 0.29) is 6.10 Å². The molecule has 3 heterocycles. The summed E-state index contributed by atoms with van der Waals surface area (Å²) < 4.78 is 10.8. The summed E-state index contributed by atoms with van der Waals surface area (Å²) in [6, 6.07) is 0.440. The molecule has 0 saturated carbocycles. The van der Waals surface area contributed by atoms with Crippen molar-refractivity contribution in [3.05, 3.63) is 11.7 Å². The first-order valence-corrected chi connectivity index (χ1v) is 8.04. The van der Waals surface area contributed by atoms with Gasteiger partial charge in [-0.2, -0.15) is 4.98 Å². The van der Waals surface area contributed by atoms with E-state index in [4.69, 9.17) is 9.26 Å². The average molecular weight is 295 g/mol. The Morgan fingerprint density at radius 1 is 1.33 bits per heavy atom. The van der Waals surface area contributed by atoms with Crippen LogP contribution in [0, 0.1) is 0 Å². The van der Waals surface area contributed by atoms with Gasteiger partial charge in [0, 0.05) is 25.2 Å². The molecular weight excluding hydrogens is 270 g/mol. The predicted molar refractivity (Wildman–Crippen MR) is 76.8 cm³/mol. The lowest BCUT2D eigenvalue weighted by Gasteiger charge is -2.23. The predicted octanol–water partition coefficient (Wildman–Crippen LogP) is 1.70. The molecule has 2 unspecified atom stereocenters. The standard InChI is InChI=1S/C15H25N3O3/c1-11(19)9-13-3-2-6-18(13)10-14-16-15(21-17-14)12-4-7-20-8-5-12/h11-13,19H,2-10H2,1H3. The van der Waals surface area contributed by atoms with Gasteiger partial charge in [0.2, 0.25) is 5.89 Å². The quantitative estimate of drug-likeness (QED) is 0.891. The fourth-order valence-electron chi connectivity index (χ4n) is 3.39. The van der Waals surface area contributed by atoms with E-state index < -0.39 is 0 Å². The molecule has 6 heteroatoms. The van der Waals surface area contributed by atoms with Gasteiger partial charge in [-0.25, -0.2) is 0 Å². The summed E-state index contributed by atoms with van der Waals surface area (Å²) in [6.45, 7) is 5.20. The first kappa shape index (κ1) is 14.9. The van der Waals surface area contributed by atoms with E-state index >= 15 is 0 Å². The topological polar surface area (TPSA) is 71.6 Å². The largest absolute Gasteiger partial charge is 0.393 e. The summed E-state index contributed by atoms with van der Waals surface area (Å²) in [5, 5.41) is 13.7. The monoisotopic (exact) mass is 295 g/mol. The van der Waals surface area contributed by atoms with E-state index in [9.17, 15) is 5.11 Å². The number of ether oxygens (including phenoxy) is 1. The number of likely N-dealkylation sites (tertiary alicyclic amines) is 1. The Kier molecular flexibility index (Phi) is 4.87. The van der Waals surface area contributed by atoms with Crippen LogP contribution in [0.2, 0.25) is 0 Å². The highest BCUT2D eigenvalue weighted by Gasteiger charge is 2.28. The minimum Gasteiger partial charge on any atom is -0.393 e. The van der Waals surface area contributed by atoms with Crippen LogP contribution in [0.25, 0.3) is 0 Å². The molecule has 1 aromatic heterocycles. The van der Waals surface area contributed by atoms with Gasteiger partial charge in [0.1, 0.15) is 0 Å². The Morgan fingerprint density at radius 2 is 2.14 bits per heavy atom. The summed E-state index contributed by atoms with van der Waals surface area (Å²) >= 11 is 0. The van der Waals surface area contributed by atoms with E-state index in [0.717, 1.165) is 63.7 Å². The number of aliphatic hydroxyl groups excluding tert-OH is 1. The number of nitrogens with zero attached hydrogens (tertiary/aromatic N) is 3. The van der Waals surface area contributed by atoms with E-state index in [0.29, 0.717) is 12.0 Å². The minimum atomic E-state index is -0.251. The van der Waals surface area contributed by atoms with Gasteiger partial charge in [0.15, 0.2) is 5.82 Å². The van der Waals surface area contributed by atoms with Gasteiger partial charge in [-0.05, 0) is 45.6 Å². The summed E-state index contributed by atoms with van der Waals surface area (Å²) in [5.41, 5.74) is 0. The molecule has 2 aliphatic rings. The molecule has 1 N–H and O–H groups in total. The maximum Gasteiger partial charge on any atom is 0.229 e. The normalized spacial score (nSPS) is 26.3. The first-order valence-electron chi connectivity index (χ1n) is 8.04. The molecule has 2 fully saturated rings. The minimum absolute atomic E-state index is 0.251. The highest BCUT2D eigenvalue weighted by atomic mass is 16.5. The third-order valence-electron chi connectivity index (χ3n) is 4.51. The smallest absolute Gasteiger partial charge is 0.229 e. The second-order valence-corrected chi connectivity index (χ2v) is 6.29. The van der Waals surface area contributed by atoms with Crippen LogP contribution < -0.4 is 0 Å². The maximum atomic E-state index is 9.58. The van der Waals surface area contributed by atoms with E-state index in [1.54, 1.807) is 0 Å². The second-order valence-electron chi connectivity index (χ2n) is 6.29. The second kappa shape index (κ2) is 6.85. The molecule has 0 amide bonds. The number of aromatic nitrogens is 2. The Hall–Kier alpha value is -0.980. The molecule has 3 rings (SSSR count). The van der Waals surface area contributed by atoms with Crippen molar-refractivity contribution in [2.45, 2.75) is 63.6 Å². The average Bonchev–Trinajstić information content (AvgIpc) is 3.10. The highest BCUT2D eigenvalue weighted by molar-refractivity contribution is 4.96. The molecule has 0 radical (unpaired) electrons. The lowest BCUT2D eigenvalue weighted by Crippen LogP contribution is -2.31. The molecule has 0 bridgehead atoms. The number of hydrogen-bond acceptors (Lipinski definition) is 6. The van der Waals surface area contributed by atoms with Crippen molar-refractivity contribution in [1.82, 2.24) is 15.0 Å². The van der Waals surface area contributed by atoms with Crippen LogP contribution in [0.5, 0.6) is 0 Å². The van der Waals surface area contributed by atoms with Crippen molar-refractivity contribution in [2.24, 2.45) is 0 Å². The van der Waals surface area contributed by atoms with E-state index in [2.05, 4.69) is 15.0 Å². The van der Waals surface area contributed by atoms with Crippen LogP contribution >= 0.6 is 0 Å². The lowest BCUT2D eigenvalue weighted by atomic mass is 10.0. The zero-order valence-electron chi connectivity index (χ0n) is 12.7. The molecule has 2 atom stereocenters. The lowest BCUT2D eigenvalue weighted by molar-refractivity contribution is 0.0778. The zero-order valence-corrected chi connectivity index (χ0v) is 12.7. The molecule has 0 aromatic carbocycles. The van der Waals surface area contributed by atoms with Crippen molar-refractivity contribution in [1.29, 1.82) is 0 Å². The van der Waals surface area contributed by atoms with Crippen molar-refractivity contribution in [3.8, 4) is 0 Å². The summed E-state index contributed by atoms with van der Waals surface area (Å²) in [6.07, 6.45) is 4.84. The number of hydrogen-bond donors (Lipinski definition) is 1. The number of aliphatic hydroxyl groups is 1. The molecule has 2 aliphatic heterocycles. The highest BCUT2D eigenvalue weighted by Crippen LogP contribution is 2.27.